The summed E-state index contributed by atoms with van der Waals surface area (Å²) in [7, 11) is 0. The highest BCUT2D eigenvalue weighted by atomic mass is 19.1. The molecule has 0 amide bonds. The third kappa shape index (κ3) is 3.96. The summed E-state index contributed by atoms with van der Waals surface area (Å²) in [6, 6.07) is 10.7. The normalized spacial score (nSPS) is 26.8. The fourth-order valence-electron chi connectivity index (χ4n) is 3.96. The molecule has 3 heterocycles. The van der Waals surface area contributed by atoms with Crippen molar-refractivity contribution in [3.8, 4) is 0 Å². The lowest BCUT2D eigenvalue weighted by Crippen LogP contribution is -2.47. The molecule has 25 heavy (non-hydrogen) atoms. The van der Waals surface area contributed by atoms with Crippen LogP contribution in [0, 0.1) is 5.82 Å². The van der Waals surface area contributed by atoms with Gasteiger partial charge in [-0.2, -0.15) is 0 Å². The lowest BCUT2D eigenvalue weighted by molar-refractivity contribution is -0.0533. The minimum absolute atomic E-state index is 0.0925. The Morgan fingerprint density at radius 1 is 1.24 bits per heavy atom. The van der Waals surface area contributed by atoms with E-state index in [2.05, 4.69) is 50.5 Å². The third-order valence-electron chi connectivity index (χ3n) is 5.03. The van der Waals surface area contributed by atoms with Crippen molar-refractivity contribution >= 4 is 5.95 Å². The second-order valence-corrected chi connectivity index (χ2v) is 7.06. The predicted molar refractivity (Wildman–Crippen MR) is 93.7 cm³/mol. The first-order chi connectivity index (χ1) is 12.2. The molecule has 1 aromatic heterocycles. The van der Waals surface area contributed by atoms with Crippen LogP contribution in [-0.2, 0) is 11.3 Å². The van der Waals surface area contributed by atoms with Crippen LogP contribution in [0.25, 0.3) is 0 Å². The summed E-state index contributed by atoms with van der Waals surface area (Å²) in [6.45, 7) is 3.66. The number of likely N-dealkylation sites (tertiary alicyclic amines) is 1. The number of rotatable bonds is 4. The molecule has 0 bridgehead atoms. The number of piperidine rings is 1. The van der Waals surface area contributed by atoms with Gasteiger partial charge in [0, 0.05) is 19.5 Å². The first-order valence-electron chi connectivity index (χ1n) is 8.85. The summed E-state index contributed by atoms with van der Waals surface area (Å²) >= 11 is 0. The van der Waals surface area contributed by atoms with Gasteiger partial charge in [-0.25, -0.2) is 14.4 Å². The van der Waals surface area contributed by atoms with Crippen LogP contribution in [0.15, 0.2) is 42.7 Å². The van der Waals surface area contributed by atoms with Crippen molar-refractivity contribution in [3.63, 3.8) is 0 Å². The van der Waals surface area contributed by atoms with Gasteiger partial charge in [0.05, 0.1) is 30.6 Å². The molecule has 2 fully saturated rings. The molecule has 0 aliphatic carbocycles. The van der Waals surface area contributed by atoms with Gasteiger partial charge in [0.25, 0.3) is 0 Å². The molecule has 1 N–H and O–H groups in total. The molecular formula is C19H23FN4O. The van der Waals surface area contributed by atoms with E-state index in [1.807, 2.05) is 0 Å². The average molecular weight is 342 g/mol. The fourth-order valence-corrected chi connectivity index (χ4v) is 3.96. The maximum Gasteiger partial charge on any atom is 0.223 e. The van der Waals surface area contributed by atoms with Crippen LogP contribution in [0.2, 0.25) is 0 Å². The zero-order chi connectivity index (χ0) is 17.1. The Balaban J connectivity index is 1.36. The molecule has 2 aromatic rings. The van der Waals surface area contributed by atoms with Crippen LogP contribution in [0.5, 0.6) is 0 Å². The first-order valence-corrected chi connectivity index (χ1v) is 8.85. The lowest BCUT2D eigenvalue weighted by atomic mass is 9.88. The SMILES string of the molecule is Fc1cnc(NC2COC3(CCCN(Cc4ccccc4)C3)C2)nc1. The van der Waals surface area contributed by atoms with Crippen molar-refractivity contribution in [2.45, 2.75) is 37.5 Å². The summed E-state index contributed by atoms with van der Waals surface area (Å²) in [5.41, 5.74) is 1.25. The second kappa shape index (κ2) is 7.06. The number of hydrogen-bond acceptors (Lipinski definition) is 5. The molecule has 4 rings (SSSR count). The summed E-state index contributed by atoms with van der Waals surface area (Å²) in [5, 5.41) is 3.27. The van der Waals surface area contributed by atoms with Crippen molar-refractivity contribution < 1.29 is 9.13 Å². The summed E-state index contributed by atoms with van der Waals surface area (Å²) in [6.07, 6.45) is 5.53. The van der Waals surface area contributed by atoms with E-state index in [9.17, 15) is 4.39 Å². The van der Waals surface area contributed by atoms with E-state index < -0.39 is 5.82 Å². The van der Waals surface area contributed by atoms with Gasteiger partial charge in [-0.05, 0) is 24.9 Å². The van der Waals surface area contributed by atoms with Crippen LogP contribution in [-0.4, -0.2) is 46.2 Å². The standard InChI is InChI=1S/C19H23FN4O/c20-16-10-21-18(22-11-16)23-17-9-19(25-13-17)7-4-8-24(14-19)12-15-5-2-1-3-6-15/h1-3,5-6,10-11,17H,4,7-9,12-14H2,(H,21,22,23). The van der Waals surface area contributed by atoms with Gasteiger partial charge in [-0.3, -0.25) is 4.90 Å². The number of nitrogens with zero attached hydrogens (tertiary/aromatic N) is 3. The Morgan fingerprint density at radius 2 is 2.04 bits per heavy atom. The van der Waals surface area contributed by atoms with Gasteiger partial charge < -0.3 is 10.1 Å². The minimum Gasteiger partial charge on any atom is -0.371 e. The topological polar surface area (TPSA) is 50.3 Å². The maximum absolute atomic E-state index is 12.9. The highest BCUT2D eigenvalue weighted by Crippen LogP contribution is 2.35. The molecule has 2 aliphatic heterocycles. The van der Waals surface area contributed by atoms with Gasteiger partial charge in [0.15, 0.2) is 5.82 Å². The Hall–Kier alpha value is -2.05. The molecule has 6 heteroatoms. The number of hydrogen-bond donors (Lipinski definition) is 1. The van der Waals surface area contributed by atoms with Crippen LogP contribution < -0.4 is 5.32 Å². The molecule has 0 radical (unpaired) electrons. The highest BCUT2D eigenvalue weighted by Gasteiger charge is 2.43. The number of halogens is 1. The van der Waals surface area contributed by atoms with E-state index in [4.69, 9.17) is 4.74 Å². The first kappa shape index (κ1) is 16.4. The summed E-state index contributed by atoms with van der Waals surface area (Å²) in [5.74, 6) is 0.0394. The van der Waals surface area contributed by atoms with E-state index in [1.54, 1.807) is 0 Å². The van der Waals surface area contributed by atoms with Crippen LogP contribution >= 0.6 is 0 Å². The summed E-state index contributed by atoms with van der Waals surface area (Å²) < 4.78 is 19.1. The van der Waals surface area contributed by atoms with Crippen molar-refractivity contribution in [3.05, 3.63) is 54.1 Å². The zero-order valence-electron chi connectivity index (χ0n) is 14.2. The van der Waals surface area contributed by atoms with Crippen LogP contribution in [0.3, 0.4) is 0 Å². The van der Waals surface area contributed by atoms with Crippen molar-refractivity contribution in [2.75, 3.05) is 25.0 Å². The number of ether oxygens (including phenoxy) is 1. The average Bonchev–Trinajstić information content (AvgIpc) is 3.00. The van der Waals surface area contributed by atoms with Crippen molar-refractivity contribution in [2.24, 2.45) is 0 Å². The number of benzene rings is 1. The Labute approximate surface area is 147 Å². The molecule has 1 aromatic carbocycles. The number of aromatic nitrogens is 2. The lowest BCUT2D eigenvalue weighted by Gasteiger charge is -2.39. The molecule has 1 spiro atoms. The molecule has 0 saturated carbocycles. The van der Waals surface area contributed by atoms with Crippen LogP contribution in [0.1, 0.15) is 24.8 Å². The quantitative estimate of drug-likeness (QED) is 0.926. The minimum atomic E-state index is -0.423. The van der Waals surface area contributed by atoms with Gasteiger partial charge >= 0.3 is 0 Å². The Morgan fingerprint density at radius 3 is 2.84 bits per heavy atom. The third-order valence-corrected chi connectivity index (χ3v) is 5.03. The van der Waals surface area contributed by atoms with Crippen LogP contribution in [0.4, 0.5) is 10.3 Å². The number of nitrogens with one attached hydrogen (secondary N) is 1. The maximum atomic E-state index is 12.9. The van der Waals surface area contributed by atoms with Crippen molar-refractivity contribution in [1.82, 2.24) is 14.9 Å². The van der Waals surface area contributed by atoms with E-state index >= 15 is 0 Å². The fraction of sp³-hybridized carbons (Fsp3) is 0.474. The molecule has 2 unspecified atom stereocenters. The zero-order valence-corrected chi connectivity index (χ0v) is 14.2. The van der Waals surface area contributed by atoms with Gasteiger partial charge in [-0.15, -0.1) is 0 Å². The highest BCUT2D eigenvalue weighted by molar-refractivity contribution is 5.26. The summed E-state index contributed by atoms with van der Waals surface area (Å²) in [4.78, 5) is 10.4. The Kier molecular flexibility index (Phi) is 4.63. The Bertz CT molecular complexity index is 696. The van der Waals surface area contributed by atoms with E-state index in [0.29, 0.717) is 12.6 Å². The van der Waals surface area contributed by atoms with Gasteiger partial charge in [0.1, 0.15) is 0 Å². The molecule has 2 aliphatic rings. The smallest absolute Gasteiger partial charge is 0.223 e. The van der Waals surface area contributed by atoms with Gasteiger partial charge in [0.2, 0.25) is 5.95 Å². The van der Waals surface area contributed by atoms with E-state index in [1.165, 1.54) is 18.0 Å². The monoisotopic (exact) mass is 342 g/mol. The molecule has 5 nitrogen and oxygen atoms in total. The largest absolute Gasteiger partial charge is 0.371 e. The number of anilines is 1. The molecule has 2 atom stereocenters. The van der Waals surface area contributed by atoms with E-state index in [0.717, 1.165) is 38.9 Å². The second-order valence-electron chi connectivity index (χ2n) is 7.06. The van der Waals surface area contributed by atoms with Crippen molar-refractivity contribution in [1.29, 1.82) is 0 Å². The molecular weight excluding hydrogens is 319 g/mol. The van der Waals surface area contributed by atoms with Gasteiger partial charge in [-0.1, -0.05) is 30.3 Å². The van der Waals surface area contributed by atoms with E-state index in [-0.39, 0.29) is 11.6 Å². The molecule has 2 saturated heterocycles. The molecule has 132 valence electrons. The predicted octanol–water partition coefficient (Wildman–Crippen LogP) is 2.85.